The first-order valence-corrected chi connectivity index (χ1v) is 8.38. The van der Waals surface area contributed by atoms with Gasteiger partial charge in [0.1, 0.15) is 0 Å². The van der Waals surface area contributed by atoms with E-state index in [9.17, 15) is 9.59 Å². The van der Waals surface area contributed by atoms with Gasteiger partial charge >= 0.3 is 0 Å². The number of aromatic nitrogens is 2. The average molecular weight is 370 g/mol. The van der Waals surface area contributed by atoms with Crippen LogP contribution in [0.4, 0.5) is 5.69 Å². The van der Waals surface area contributed by atoms with Gasteiger partial charge in [0.25, 0.3) is 0 Å². The number of aryl methyl sites for hydroxylation is 1. The van der Waals surface area contributed by atoms with Crippen molar-refractivity contribution in [2.75, 3.05) is 5.32 Å². The van der Waals surface area contributed by atoms with Crippen molar-refractivity contribution in [3.05, 3.63) is 65.0 Å². The number of hydrogen-bond donors (Lipinski definition) is 1. The molecule has 1 aromatic heterocycles. The molecule has 0 bridgehead atoms. The van der Waals surface area contributed by atoms with E-state index in [4.69, 9.17) is 16.1 Å². The van der Waals surface area contributed by atoms with Crippen molar-refractivity contribution in [2.45, 2.75) is 19.8 Å². The molecule has 0 saturated heterocycles. The molecule has 0 unspecified atom stereocenters. The van der Waals surface area contributed by atoms with Gasteiger partial charge in [0.15, 0.2) is 5.78 Å². The molecule has 0 aliphatic rings. The summed E-state index contributed by atoms with van der Waals surface area (Å²) in [6, 6.07) is 13.8. The van der Waals surface area contributed by atoms with Crippen LogP contribution in [-0.2, 0) is 11.2 Å². The summed E-state index contributed by atoms with van der Waals surface area (Å²) >= 11 is 5.85. The SMILES string of the molecule is CC(=O)c1ccc(NC(=O)CCc2nc(-c3ccc(Cl)cc3)no2)cc1. The Kier molecular flexibility index (Phi) is 5.43. The van der Waals surface area contributed by atoms with Crippen LogP contribution >= 0.6 is 11.6 Å². The third kappa shape index (κ3) is 4.55. The van der Waals surface area contributed by atoms with E-state index in [0.717, 1.165) is 5.56 Å². The molecule has 2 aromatic carbocycles. The number of Topliss-reactive ketones (excluding diaryl/α,β-unsaturated/α-hetero) is 1. The number of nitrogens with zero attached hydrogens (tertiary/aromatic N) is 2. The zero-order chi connectivity index (χ0) is 18.5. The molecule has 26 heavy (non-hydrogen) atoms. The predicted molar refractivity (Wildman–Crippen MR) is 98.1 cm³/mol. The van der Waals surface area contributed by atoms with Crippen LogP contribution in [0, 0.1) is 0 Å². The highest BCUT2D eigenvalue weighted by molar-refractivity contribution is 6.30. The summed E-state index contributed by atoms with van der Waals surface area (Å²) in [5.74, 6) is 0.650. The van der Waals surface area contributed by atoms with Gasteiger partial charge in [0, 0.05) is 34.7 Å². The maximum atomic E-state index is 12.0. The number of carbonyl (C=O) groups is 2. The highest BCUT2D eigenvalue weighted by Gasteiger charge is 2.11. The van der Waals surface area contributed by atoms with Crippen LogP contribution in [-0.4, -0.2) is 21.8 Å². The van der Waals surface area contributed by atoms with Crippen molar-refractivity contribution < 1.29 is 14.1 Å². The largest absolute Gasteiger partial charge is 0.339 e. The molecule has 0 saturated carbocycles. The number of hydrogen-bond acceptors (Lipinski definition) is 5. The van der Waals surface area contributed by atoms with Gasteiger partial charge in [-0.05, 0) is 55.5 Å². The summed E-state index contributed by atoms with van der Waals surface area (Å²) < 4.78 is 5.18. The van der Waals surface area contributed by atoms with Crippen molar-refractivity contribution in [2.24, 2.45) is 0 Å². The second kappa shape index (κ2) is 7.93. The lowest BCUT2D eigenvalue weighted by Crippen LogP contribution is -2.12. The molecule has 1 amide bonds. The smallest absolute Gasteiger partial charge is 0.227 e. The van der Waals surface area contributed by atoms with Crippen LogP contribution in [0.25, 0.3) is 11.4 Å². The molecule has 0 aliphatic heterocycles. The number of amides is 1. The Labute approximate surface area is 155 Å². The van der Waals surface area contributed by atoms with E-state index in [1.165, 1.54) is 6.92 Å². The van der Waals surface area contributed by atoms with E-state index in [2.05, 4.69) is 15.5 Å². The second-order valence-electron chi connectivity index (χ2n) is 5.70. The molecule has 132 valence electrons. The van der Waals surface area contributed by atoms with Crippen LogP contribution in [0.3, 0.4) is 0 Å². The lowest BCUT2D eigenvalue weighted by atomic mass is 10.1. The van der Waals surface area contributed by atoms with Crippen molar-refractivity contribution >= 4 is 29.0 Å². The highest BCUT2D eigenvalue weighted by Crippen LogP contribution is 2.19. The maximum Gasteiger partial charge on any atom is 0.227 e. The van der Waals surface area contributed by atoms with Gasteiger partial charge in [-0.25, -0.2) is 0 Å². The molecule has 0 radical (unpaired) electrons. The zero-order valence-electron chi connectivity index (χ0n) is 14.0. The van der Waals surface area contributed by atoms with E-state index in [1.54, 1.807) is 48.5 Å². The van der Waals surface area contributed by atoms with Gasteiger partial charge in [-0.2, -0.15) is 4.98 Å². The Hall–Kier alpha value is -2.99. The monoisotopic (exact) mass is 369 g/mol. The fourth-order valence-electron chi connectivity index (χ4n) is 2.30. The molecule has 0 atom stereocenters. The summed E-state index contributed by atoms with van der Waals surface area (Å²) in [6.07, 6.45) is 0.536. The topological polar surface area (TPSA) is 85.1 Å². The first kappa shape index (κ1) is 17.8. The van der Waals surface area contributed by atoms with Crippen LogP contribution in [0.2, 0.25) is 5.02 Å². The summed E-state index contributed by atoms with van der Waals surface area (Å²) in [4.78, 5) is 27.6. The van der Waals surface area contributed by atoms with Crippen molar-refractivity contribution in [3.63, 3.8) is 0 Å². The van der Waals surface area contributed by atoms with E-state index < -0.39 is 0 Å². The summed E-state index contributed by atoms with van der Waals surface area (Å²) in [7, 11) is 0. The van der Waals surface area contributed by atoms with E-state index >= 15 is 0 Å². The summed E-state index contributed by atoms with van der Waals surface area (Å²) in [6.45, 7) is 1.50. The Bertz CT molecular complexity index is 918. The molecule has 3 aromatic rings. The van der Waals surface area contributed by atoms with Crippen molar-refractivity contribution in [1.82, 2.24) is 10.1 Å². The molecule has 6 nitrogen and oxygen atoms in total. The number of ketones is 1. The average Bonchev–Trinajstić information content (AvgIpc) is 3.10. The lowest BCUT2D eigenvalue weighted by molar-refractivity contribution is -0.116. The number of anilines is 1. The predicted octanol–water partition coefficient (Wildman–Crippen LogP) is 4.16. The molecule has 7 heteroatoms. The Balaban J connectivity index is 1.54. The first-order valence-electron chi connectivity index (χ1n) is 8.00. The number of halogens is 1. The number of carbonyl (C=O) groups excluding carboxylic acids is 2. The molecule has 0 spiro atoms. The molecular formula is C19H16ClN3O3. The van der Waals surface area contributed by atoms with E-state index in [0.29, 0.717) is 34.4 Å². The minimum atomic E-state index is -0.174. The van der Waals surface area contributed by atoms with Gasteiger partial charge in [0.2, 0.25) is 17.6 Å². The fraction of sp³-hybridized carbons (Fsp3) is 0.158. The molecular weight excluding hydrogens is 354 g/mol. The number of nitrogens with one attached hydrogen (secondary N) is 1. The maximum absolute atomic E-state index is 12.0. The summed E-state index contributed by atoms with van der Waals surface area (Å²) in [5.41, 5.74) is 2.02. The third-order valence-corrected chi connectivity index (χ3v) is 3.96. The zero-order valence-corrected chi connectivity index (χ0v) is 14.8. The molecule has 0 fully saturated rings. The standard InChI is InChI=1S/C19H16ClN3O3/c1-12(24)13-4-8-16(9-5-13)21-17(25)10-11-18-22-19(23-26-18)14-2-6-15(20)7-3-14/h2-9H,10-11H2,1H3,(H,21,25). The van der Waals surface area contributed by atoms with Crippen LogP contribution in [0.15, 0.2) is 53.1 Å². The van der Waals surface area contributed by atoms with Crippen molar-refractivity contribution in [3.8, 4) is 11.4 Å². The lowest BCUT2D eigenvalue weighted by Gasteiger charge is -2.04. The normalized spacial score (nSPS) is 10.5. The molecule has 3 rings (SSSR count). The minimum Gasteiger partial charge on any atom is -0.339 e. The number of benzene rings is 2. The number of rotatable bonds is 6. The van der Waals surface area contributed by atoms with Gasteiger partial charge in [-0.15, -0.1) is 0 Å². The van der Waals surface area contributed by atoms with E-state index in [-0.39, 0.29) is 18.1 Å². The van der Waals surface area contributed by atoms with Gasteiger partial charge in [-0.1, -0.05) is 16.8 Å². The van der Waals surface area contributed by atoms with Crippen molar-refractivity contribution in [1.29, 1.82) is 0 Å². The Morgan fingerprint density at radius 3 is 2.42 bits per heavy atom. The third-order valence-electron chi connectivity index (χ3n) is 3.71. The fourth-order valence-corrected chi connectivity index (χ4v) is 2.43. The van der Waals surface area contributed by atoms with Gasteiger partial charge < -0.3 is 9.84 Å². The van der Waals surface area contributed by atoms with E-state index in [1.807, 2.05) is 0 Å². The first-order chi connectivity index (χ1) is 12.5. The molecule has 0 aliphatic carbocycles. The van der Waals surface area contributed by atoms with Gasteiger partial charge in [-0.3, -0.25) is 9.59 Å². The quantitative estimate of drug-likeness (QED) is 0.659. The second-order valence-corrected chi connectivity index (χ2v) is 6.14. The highest BCUT2D eigenvalue weighted by atomic mass is 35.5. The van der Waals surface area contributed by atoms with Crippen LogP contribution in [0.1, 0.15) is 29.6 Å². The Morgan fingerprint density at radius 1 is 1.08 bits per heavy atom. The van der Waals surface area contributed by atoms with Crippen LogP contribution in [0.5, 0.6) is 0 Å². The minimum absolute atomic E-state index is 0.0178. The Morgan fingerprint density at radius 2 is 1.77 bits per heavy atom. The summed E-state index contributed by atoms with van der Waals surface area (Å²) in [5, 5.41) is 7.31. The van der Waals surface area contributed by atoms with Gasteiger partial charge in [0.05, 0.1) is 0 Å². The van der Waals surface area contributed by atoms with Crippen LogP contribution < -0.4 is 5.32 Å². The molecule has 1 N–H and O–H groups in total. The molecule has 1 heterocycles.